The first kappa shape index (κ1) is 23.9. The molecule has 1 saturated heterocycles. The Balaban J connectivity index is 1.30. The average Bonchev–Trinajstić information content (AvgIpc) is 3.28. The van der Waals surface area contributed by atoms with Crippen LogP contribution in [0, 0.1) is 6.92 Å². The number of methoxy groups -OCH3 is 1. The van der Waals surface area contributed by atoms with E-state index in [0.717, 1.165) is 42.7 Å². The second-order valence-electron chi connectivity index (χ2n) is 8.08. The number of carbonyl (C=O) groups is 1. The van der Waals surface area contributed by atoms with Gasteiger partial charge in [0.2, 0.25) is 5.91 Å². The number of anilines is 1. The van der Waals surface area contributed by atoms with Crippen LogP contribution in [0.1, 0.15) is 18.3 Å². The SMILES string of the molecule is CCn1c(COc2ccc(C)cc2OC)nnc1SCC(=O)N1CCN(c2ccccc2)CC1. The van der Waals surface area contributed by atoms with Crippen molar-refractivity contribution < 1.29 is 14.3 Å². The molecule has 3 aromatic rings. The number of benzene rings is 2. The molecule has 1 amide bonds. The fourth-order valence-corrected chi connectivity index (χ4v) is 4.88. The van der Waals surface area contributed by atoms with Crippen molar-refractivity contribution in [3.05, 3.63) is 59.9 Å². The second kappa shape index (κ2) is 11.3. The van der Waals surface area contributed by atoms with Crippen molar-refractivity contribution in [2.24, 2.45) is 0 Å². The van der Waals surface area contributed by atoms with E-state index in [-0.39, 0.29) is 12.5 Å². The van der Waals surface area contributed by atoms with Crippen LogP contribution in [-0.4, -0.2) is 64.6 Å². The van der Waals surface area contributed by atoms with Crippen LogP contribution in [-0.2, 0) is 17.9 Å². The second-order valence-corrected chi connectivity index (χ2v) is 9.02. The molecule has 2 aromatic carbocycles. The van der Waals surface area contributed by atoms with Gasteiger partial charge < -0.3 is 23.8 Å². The number of aryl methyl sites for hydroxylation is 1. The van der Waals surface area contributed by atoms with E-state index in [0.29, 0.717) is 23.8 Å². The summed E-state index contributed by atoms with van der Waals surface area (Å²) in [5, 5.41) is 9.34. The molecule has 34 heavy (non-hydrogen) atoms. The van der Waals surface area contributed by atoms with Crippen LogP contribution in [0.5, 0.6) is 11.5 Å². The van der Waals surface area contributed by atoms with Crippen molar-refractivity contribution in [2.45, 2.75) is 32.2 Å². The molecule has 0 radical (unpaired) electrons. The molecule has 1 aliphatic rings. The van der Waals surface area contributed by atoms with Crippen molar-refractivity contribution in [1.82, 2.24) is 19.7 Å². The number of nitrogens with zero attached hydrogens (tertiary/aromatic N) is 5. The van der Waals surface area contributed by atoms with Gasteiger partial charge in [-0.25, -0.2) is 0 Å². The predicted octanol–water partition coefficient (Wildman–Crippen LogP) is 3.63. The maximum absolute atomic E-state index is 12.8. The normalized spacial score (nSPS) is 13.7. The number of hydrogen-bond donors (Lipinski definition) is 0. The highest BCUT2D eigenvalue weighted by atomic mass is 32.2. The lowest BCUT2D eigenvalue weighted by Gasteiger charge is -2.36. The molecule has 0 atom stereocenters. The molecule has 2 heterocycles. The van der Waals surface area contributed by atoms with Gasteiger partial charge in [-0.2, -0.15) is 0 Å². The zero-order valence-corrected chi connectivity index (χ0v) is 20.8. The lowest BCUT2D eigenvalue weighted by atomic mass is 10.2. The Morgan fingerprint density at radius 3 is 2.50 bits per heavy atom. The average molecular weight is 482 g/mol. The standard InChI is InChI=1S/C25H31N5O3S/c1-4-30-23(17-33-21-11-10-19(2)16-22(21)32-3)26-27-25(30)34-18-24(31)29-14-12-28(13-15-29)20-8-6-5-7-9-20/h5-11,16H,4,12-15,17-18H2,1-3H3. The van der Waals surface area contributed by atoms with Crippen molar-refractivity contribution in [3.8, 4) is 11.5 Å². The quantitative estimate of drug-likeness (QED) is 0.432. The van der Waals surface area contributed by atoms with E-state index in [9.17, 15) is 4.79 Å². The van der Waals surface area contributed by atoms with E-state index in [4.69, 9.17) is 9.47 Å². The summed E-state index contributed by atoms with van der Waals surface area (Å²) >= 11 is 1.43. The molecular formula is C25H31N5O3S. The van der Waals surface area contributed by atoms with Gasteiger partial charge in [-0.1, -0.05) is 36.0 Å². The van der Waals surface area contributed by atoms with Crippen LogP contribution in [0.15, 0.2) is 53.7 Å². The number of ether oxygens (including phenoxy) is 2. The summed E-state index contributed by atoms with van der Waals surface area (Å²) in [5.74, 6) is 2.55. The minimum absolute atomic E-state index is 0.130. The Kier molecular flexibility index (Phi) is 7.95. The Labute approximate surface area is 204 Å². The third-order valence-electron chi connectivity index (χ3n) is 5.86. The Morgan fingerprint density at radius 1 is 1.03 bits per heavy atom. The van der Waals surface area contributed by atoms with Gasteiger partial charge in [-0.15, -0.1) is 10.2 Å². The lowest BCUT2D eigenvalue weighted by Crippen LogP contribution is -2.49. The van der Waals surface area contributed by atoms with Gasteiger partial charge >= 0.3 is 0 Å². The maximum Gasteiger partial charge on any atom is 0.233 e. The molecule has 1 aliphatic heterocycles. The smallest absolute Gasteiger partial charge is 0.233 e. The molecule has 4 rings (SSSR count). The fraction of sp³-hybridized carbons (Fsp3) is 0.400. The first-order chi connectivity index (χ1) is 16.6. The van der Waals surface area contributed by atoms with E-state index in [1.54, 1.807) is 7.11 Å². The van der Waals surface area contributed by atoms with Gasteiger partial charge in [-0.3, -0.25) is 4.79 Å². The molecule has 0 aliphatic carbocycles. The van der Waals surface area contributed by atoms with Gasteiger partial charge in [0.1, 0.15) is 6.61 Å². The summed E-state index contributed by atoms with van der Waals surface area (Å²) in [5.41, 5.74) is 2.31. The van der Waals surface area contributed by atoms with Crippen LogP contribution < -0.4 is 14.4 Å². The zero-order valence-electron chi connectivity index (χ0n) is 19.9. The summed E-state index contributed by atoms with van der Waals surface area (Å²) in [6.07, 6.45) is 0. The number of thioether (sulfide) groups is 1. The first-order valence-electron chi connectivity index (χ1n) is 11.5. The number of amides is 1. The number of piperazine rings is 1. The highest BCUT2D eigenvalue weighted by Crippen LogP contribution is 2.29. The van der Waals surface area contributed by atoms with E-state index in [1.807, 2.05) is 59.7 Å². The van der Waals surface area contributed by atoms with Crippen molar-refractivity contribution in [3.63, 3.8) is 0 Å². The maximum atomic E-state index is 12.8. The third kappa shape index (κ3) is 5.64. The van der Waals surface area contributed by atoms with Crippen LogP contribution in [0.3, 0.4) is 0 Å². The summed E-state index contributed by atoms with van der Waals surface area (Å²) < 4.78 is 13.4. The van der Waals surface area contributed by atoms with Gasteiger partial charge in [-0.05, 0) is 43.7 Å². The van der Waals surface area contributed by atoms with E-state index >= 15 is 0 Å². The minimum atomic E-state index is 0.130. The van der Waals surface area contributed by atoms with Gasteiger partial charge in [0.05, 0.1) is 12.9 Å². The lowest BCUT2D eigenvalue weighted by molar-refractivity contribution is -0.128. The Morgan fingerprint density at radius 2 is 1.79 bits per heavy atom. The van der Waals surface area contributed by atoms with Crippen LogP contribution >= 0.6 is 11.8 Å². The summed E-state index contributed by atoms with van der Waals surface area (Å²) in [6, 6.07) is 16.1. The largest absolute Gasteiger partial charge is 0.493 e. The Bertz CT molecular complexity index is 1100. The molecule has 0 saturated carbocycles. The van der Waals surface area contributed by atoms with Gasteiger partial charge in [0, 0.05) is 38.4 Å². The monoisotopic (exact) mass is 481 g/mol. The van der Waals surface area contributed by atoms with Crippen LogP contribution in [0.4, 0.5) is 5.69 Å². The highest BCUT2D eigenvalue weighted by molar-refractivity contribution is 7.99. The van der Waals surface area contributed by atoms with Crippen LogP contribution in [0.2, 0.25) is 0 Å². The van der Waals surface area contributed by atoms with Crippen molar-refractivity contribution >= 4 is 23.4 Å². The Hall–Kier alpha value is -3.20. The van der Waals surface area contributed by atoms with E-state index in [2.05, 4.69) is 27.2 Å². The molecule has 0 unspecified atom stereocenters. The minimum Gasteiger partial charge on any atom is -0.493 e. The van der Waals surface area contributed by atoms with Crippen molar-refractivity contribution in [1.29, 1.82) is 0 Å². The fourth-order valence-electron chi connectivity index (χ4n) is 3.96. The zero-order chi connectivity index (χ0) is 23.9. The summed E-state index contributed by atoms with van der Waals surface area (Å²) in [6.45, 7) is 8.16. The molecular weight excluding hydrogens is 450 g/mol. The summed E-state index contributed by atoms with van der Waals surface area (Å²) in [7, 11) is 1.63. The van der Waals surface area contributed by atoms with E-state index < -0.39 is 0 Å². The molecule has 1 aromatic heterocycles. The van der Waals surface area contributed by atoms with Crippen molar-refractivity contribution in [2.75, 3.05) is 43.9 Å². The molecule has 9 heteroatoms. The number of hydrogen-bond acceptors (Lipinski definition) is 7. The van der Waals surface area contributed by atoms with Gasteiger partial charge in [0.15, 0.2) is 22.5 Å². The molecule has 1 fully saturated rings. The predicted molar refractivity (Wildman–Crippen MR) is 134 cm³/mol. The van der Waals surface area contributed by atoms with Crippen LogP contribution in [0.25, 0.3) is 0 Å². The number of aromatic nitrogens is 3. The molecule has 8 nitrogen and oxygen atoms in total. The number of carbonyl (C=O) groups excluding carboxylic acids is 1. The van der Waals surface area contributed by atoms with Gasteiger partial charge in [0.25, 0.3) is 0 Å². The summed E-state index contributed by atoms with van der Waals surface area (Å²) in [4.78, 5) is 17.1. The van der Waals surface area contributed by atoms with E-state index in [1.165, 1.54) is 17.4 Å². The topological polar surface area (TPSA) is 72.7 Å². The number of para-hydroxylation sites is 1. The molecule has 0 spiro atoms. The third-order valence-corrected chi connectivity index (χ3v) is 6.82. The molecule has 0 bridgehead atoms. The molecule has 0 N–H and O–H groups in total. The molecule has 180 valence electrons. The highest BCUT2D eigenvalue weighted by Gasteiger charge is 2.22. The number of rotatable bonds is 9. The first-order valence-corrected chi connectivity index (χ1v) is 12.5.